The number of nitrogens with two attached hydrogens (primary N) is 1. The molecule has 25 heavy (non-hydrogen) atoms. The van der Waals surface area contributed by atoms with E-state index < -0.39 is 12.0 Å². The van der Waals surface area contributed by atoms with E-state index in [-0.39, 0.29) is 11.3 Å². The summed E-state index contributed by atoms with van der Waals surface area (Å²) in [4.78, 5) is 23.1. The maximum absolute atomic E-state index is 12.2. The van der Waals surface area contributed by atoms with Crippen molar-refractivity contribution in [2.45, 2.75) is 6.04 Å². The third-order valence-corrected chi connectivity index (χ3v) is 3.67. The third-order valence-electron chi connectivity index (χ3n) is 3.67. The molecule has 2 aromatic rings. The molecule has 0 heterocycles. The molecule has 0 aliphatic rings. The zero-order valence-corrected chi connectivity index (χ0v) is 13.9. The second-order valence-corrected chi connectivity index (χ2v) is 5.25. The fourth-order valence-electron chi connectivity index (χ4n) is 2.24. The molecule has 3 N–H and O–H groups in total. The number of carbonyl (C=O) groups is 2. The number of aromatic carboxylic acids is 1. The fourth-order valence-corrected chi connectivity index (χ4v) is 2.24. The summed E-state index contributed by atoms with van der Waals surface area (Å²) in [6, 6.07) is 10.3. The van der Waals surface area contributed by atoms with Crippen LogP contribution in [0.3, 0.4) is 0 Å². The van der Waals surface area contributed by atoms with E-state index in [9.17, 15) is 9.59 Å². The van der Waals surface area contributed by atoms with Gasteiger partial charge in [-0.1, -0.05) is 24.3 Å². The molecule has 0 amide bonds. The third kappa shape index (κ3) is 4.45. The minimum atomic E-state index is -1.03. The summed E-state index contributed by atoms with van der Waals surface area (Å²) in [5, 5.41) is 8.89. The highest BCUT2D eigenvalue weighted by atomic mass is 16.5. The first-order valence-corrected chi connectivity index (χ1v) is 7.49. The van der Waals surface area contributed by atoms with Gasteiger partial charge < -0.3 is 20.3 Å². The van der Waals surface area contributed by atoms with Gasteiger partial charge in [-0.15, -0.1) is 0 Å². The summed E-state index contributed by atoms with van der Waals surface area (Å²) >= 11 is 0. The number of carboxylic acid groups (broad SMARTS) is 1. The van der Waals surface area contributed by atoms with Crippen molar-refractivity contribution in [2.75, 3.05) is 14.2 Å². The van der Waals surface area contributed by atoms with Gasteiger partial charge in [0, 0.05) is 0 Å². The molecule has 0 saturated heterocycles. The van der Waals surface area contributed by atoms with Gasteiger partial charge in [-0.2, -0.15) is 0 Å². The van der Waals surface area contributed by atoms with E-state index in [1.54, 1.807) is 31.4 Å². The van der Waals surface area contributed by atoms with Crippen LogP contribution in [-0.2, 0) is 4.79 Å². The molecule has 0 saturated carbocycles. The maximum atomic E-state index is 12.2. The van der Waals surface area contributed by atoms with Crippen LogP contribution in [0.4, 0.5) is 0 Å². The minimum Gasteiger partial charge on any atom is -0.493 e. The van der Waals surface area contributed by atoms with E-state index in [1.807, 2.05) is 0 Å². The molecule has 2 rings (SSSR count). The van der Waals surface area contributed by atoms with Gasteiger partial charge in [0.05, 0.1) is 25.8 Å². The minimum absolute atomic E-state index is 0.143. The van der Waals surface area contributed by atoms with Gasteiger partial charge in [0.1, 0.15) is 0 Å². The quantitative estimate of drug-likeness (QED) is 0.751. The number of carbonyl (C=O) groups excluding carboxylic acids is 1. The Morgan fingerprint density at radius 2 is 1.68 bits per heavy atom. The van der Waals surface area contributed by atoms with Crippen molar-refractivity contribution < 1.29 is 24.2 Å². The number of benzene rings is 2. The Balaban J connectivity index is 2.12. The molecule has 0 aliphatic heterocycles. The van der Waals surface area contributed by atoms with Crippen LogP contribution in [0, 0.1) is 0 Å². The molecule has 0 aromatic heterocycles. The highest BCUT2D eigenvalue weighted by Crippen LogP contribution is 2.28. The van der Waals surface area contributed by atoms with Crippen molar-refractivity contribution in [3.05, 3.63) is 65.2 Å². The molecule has 1 atom stereocenters. The Labute approximate surface area is 145 Å². The van der Waals surface area contributed by atoms with E-state index in [0.29, 0.717) is 17.1 Å². The van der Waals surface area contributed by atoms with Crippen LogP contribution in [0.5, 0.6) is 11.5 Å². The second-order valence-electron chi connectivity index (χ2n) is 5.25. The topological polar surface area (TPSA) is 98.9 Å². The summed E-state index contributed by atoms with van der Waals surface area (Å²) in [5.74, 6) is -0.162. The monoisotopic (exact) mass is 341 g/mol. The van der Waals surface area contributed by atoms with Crippen LogP contribution in [0.15, 0.2) is 48.5 Å². The summed E-state index contributed by atoms with van der Waals surface area (Å²) in [7, 11) is 3.08. The molecule has 2 aromatic carbocycles. The van der Waals surface area contributed by atoms with Crippen LogP contribution in [-0.4, -0.2) is 31.1 Å². The Bertz CT molecular complexity index is 796. The number of hydrogen-bond donors (Lipinski definition) is 2. The number of rotatable bonds is 7. The largest absolute Gasteiger partial charge is 0.493 e. The molecule has 0 fully saturated rings. The summed E-state index contributed by atoms with van der Waals surface area (Å²) < 4.78 is 10.4. The Hall–Kier alpha value is -3.12. The van der Waals surface area contributed by atoms with Crippen LogP contribution >= 0.6 is 0 Å². The van der Waals surface area contributed by atoms with Gasteiger partial charge in [0.15, 0.2) is 17.3 Å². The summed E-state index contributed by atoms with van der Waals surface area (Å²) in [6.45, 7) is 0. The van der Waals surface area contributed by atoms with Gasteiger partial charge in [-0.25, -0.2) is 4.79 Å². The van der Waals surface area contributed by atoms with E-state index in [4.69, 9.17) is 20.3 Å². The Morgan fingerprint density at radius 3 is 2.24 bits per heavy atom. The van der Waals surface area contributed by atoms with Gasteiger partial charge in [0.2, 0.25) is 0 Å². The Morgan fingerprint density at radius 1 is 1.04 bits per heavy atom. The summed E-state index contributed by atoms with van der Waals surface area (Å²) in [5.41, 5.74) is 7.39. The van der Waals surface area contributed by atoms with Crippen LogP contribution < -0.4 is 15.2 Å². The standard InChI is InChI=1S/C19H19NO5/c1-24-16-10-4-12(11-17(16)25-2)3-9-15(21)18(20)13-5-7-14(8-6-13)19(22)23/h3-11,18H,20H2,1-2H3,(H,22,23)/b9-3+. The lowest BCUT2D eigenvalue weighted by molar-refractivity contribution is -0.115. The first-order chi connectivity index (χ1) is 12.0. The summed E-state index contributed by atoms with van der Waals surface area (Å²) in [6.07, 6.45) is 3.02. The SMILES string of the molecule is COc1ccc(/C=C/C(=O)C(N)c2ccc(C(=O)O)cc2)cc1OC. The second kappa shape index (κ2) is 8.12. The van der Waals surface area contributed by atoms with Gasteiger partial charge in [-0.05, 0) is 41.5 Å². The van der Waals surface area contributed by atoms with Crippen LogP contribution in [0.2, 0.25) is 0 Å². The van der Waals surface area contributed by atoms with Crippen molar-refractivity contribution in [1.82, 2.24) is 0 Å². The van der Waals surface area contributed by atoms with E-state index in [1.165, 1.54) is 37.5 Å². The van der Waals surface area contributed by atoms with Crippen molar-refractivity contribution in [2.24, 2.45) is 5.73 Å². The van der Waals surface area contributed by atoms with Crippen molar-refractivity contribution >= 4 is 17.8 Å². The normalized spacial score (nSPS) is 12.0. The Kier molecular flexibility index (Phi) is 5.92. The van der Waals surface area contributed by atoms with E-state index in [2.05, 4.69) is 0 Å². The molecule has 0 aliphatic carbocycles. The zero-order chi connectivity index (χ0) is 18.4. The fraction of sp³-hybridized carbons (Fsp3) is 0.158. The first-order valence-electron chi connectivity index (χ1n) is 7.49. The predicted octanol–water partition coefficient (Wildman–Crippen LogP) is 2.68. The smallest absolute Gasteiger partial charge is 0.335 e. The number of ether oxygens (including phenoxy) is 2. The average Bonchev–Trinajstić information content (AvgIpc) is 2.65. The van der Waals surface area contributed by atoms with Crippen molar-refractivity contribution in [1.29, 1.82) is 0 Å². The predicted molar refractivity (Wildman–Crippen MR) is 93.9 cm³/mol. The van der Waals surface area contributed by atoms with E-state index in [0.717, 1.165) is 5.56 Å². The molecule has 0 bridgehead atoms. The highest BCUT2D eigenvalue weighted by Gasteiger charge is 2.14. The molecule has 0 spiro atoms. The lowest BCUT2D eigenvalue weighted by Gasteiger charge is -2.09. The van der Waals surface area contributed by atoms with Gasteiger partial charge in [-0.3, -0.25) is 4.79 Å². The van der Waals surface area contributed by atoms with Crippen molar-refractivity contribution in [3.8, 4) is 11.5 Å². The van der Waals surface area contributed by atoms with E-state index >= 15 is 0 Å². The van der Waals surface area contributed by atoms with Gasteiger partial charge >= 0.3 is 5.97 Å². The number of methoxy groups -OCH3 is 2. The maximum Gasteiger partial charge on any atom is 0.335 e. The first kappa shape index (κ1) is 18.2. The number of hydrogen-bond acceptors (Lipinski definition) is 5. The molecule has 0 radical (unpaired) electrons. The molecular formula is C19H19NO5. The molecule has 130 valence electrons. The molecule has 1 unspecified atom stereocenters. The van der Waals surface area contributed by atoms with Crippen molar-refractivity contribution in [3.63, 3.8) is 0 Å². The number of carboxylic acids is 1. The van der Waals surface area contributed by atoms with Crippen LogP contribution in [0.1, 0.15) is 27.5 Å². The average molecular weight is 341 g/mol. The van der Waals surface area contributed by atoms with Gasteiger partial charge in [0.25, 0.3) is 0 Å². The number of ketones is 1. The molecule has 6 heteroatoms. The molecule has 6 nitrogen and oxygen atoms in total. The molecular weight excluding hydrogens is 322 g/mol. The van der Waals surface area contributed by atoms with Crippen LogP contribution in [0.25, 0.3) is 6.08 Å². The lowest BCUT2D eigenvalue weighted by atomic mass is 10.0. The zero-order valence-electron chi connectivity index (χ0n) is 13.9. The lowest BCUT2D eigenvalue weighted by Crippen LogP contribution is -2.19. The highest BCUT2D eigenvalue weighted by molar-refractivity contribution is 5.98.